The lowest BCUT2D eigenvalue weighted by Gasteiger charge is -2.02. The lowest BCUT2D eigenvalue weighted by atomic mass is 10.0. The molecule has 6 aromatic rings. The van der Waals surface area contributed by atoms with Crippen LogP contribution in [0.25, 0.3) is 55.7 Å². The Kier molecular flexibility index (Phi) is 3.55. The molecule has 1 aromatic carbocycles. The van der Waals surface area contributed by atoms with E-state index in [-0.39, 0.29) is 0 Å². The van der Waals surface area contributed by atoms with Crippen LogP contribution in [0.15, 0.2) is 73.3 Å². The molecule has 0 saturated heterocycles. The van der Waals surface area contributed by atoms with Gasteiger partial charge in [-0.05, 0) is 47.5 Å². The summed E-state index contributed by atoms with van der Waals surface area (Å²) in [4.78, 5) is 12.5. The first kappa shape index (κ1) is 16.7. The molecular formula is C23H17N7. The number of fused-ring (bicyclic) bond motifs is 2. The predicted molar refractivity (Wildman–Crippen MR) is 117 cm³/mol. The Balaban J connectivity index is 1.52. The van der Waals surface area contributed by atoms with Crippen molar-refractivity contribution in [1.82, 2.24) is 34.9 Å². The molecule has 6 rings (SSSR count). The molecule has 0 atom stereocenters. The standard InChI is InChI=1S/C23H17N7/c1-30-13-15(12-25-30)18-5-6-20-22(27-18)23(29-28-20)21-11-17-16(3-2-4-19(17)26-21)14-7-9-24-10-8-14/h2-13,26H,1H3,(H,28,29). The summed E-state index contributed by atoms with van der Waals surface area (Å²) < 4.78 is 1.77. The minimum absolute atomic E-state index is 0.799. The monoisotopic (exact) mass is 391 g/mol. The highest BCUT2D eigenvalue weighted by Crippen LogP contribution is 2.33. The average Bonchev–Trinajstić information content (AvgIpc) is 3.50. The summed E-state index contributed by atoms with van der Waals surface area (Å²) in [5, 5.41) is 13.0. The minimum atomic E-state index is 0.799. The molecule has 0 radical (unpaired) electrons. The summed E-state index contributed by atoms with van der Waals surface area (Å²) in [5.41, 5.74) is 8.63. The number of benzene rings is 1. The molecule has 30 heavy (non-hydrogen) atoms. The first-order chi connectivity index (χ1) is 14.8. The van der Waals surface area contributed by atoms with Crippen molar-refractivity contribution in [3.63, 3.8) is 0 Å². The van der Waals surface area contributed by atoms with E-state index in [1.54, 1.807) is 4.68 Å². The number of hydrogen-bond acceptors (Lipinski definition) is 4. The van der Waals surface area contributed by atoms with Crippen LogP contribution in [-0.2, 0) is 7.05 Å². The molecule has 2 N–H and O–H groups in total. The van der Waals surface area contributed by atoms with Crippen molar-refractivity contribution in [2.75, 3.05) is 0 Å². The highest BCUT2D eigenvalue weighted by Gasteiger charge is 2.15. The fourth-order valence-electron chi connectivity index (χ4n) is 3.87. The Morgan fingerprint density at radius 1 is 0.933 bits per heavy atom. The number of nitrogens with zero attached hydrogens (tertiary/aromatic N) is 5. The van der Waals surface area contributed by atoms with Crippen LogP contribution in [0.5, 0.6) is 0 Å². The number of pyridine rings is 2. The third kappa shape index (κ3) is 2.60. The van der Waals surface area contributed by atoms with Crippen molar-refractivity contribution < 1.29 is 0 Å². The van der Waals surface area contributed by atoms with Gasteiger partial charge in [-0.1, -0.05) is 12.1 Å². The van der Waals surface area contributed by atoms with Crippen molar-refractivity contribution in [3.05, 3.63) is 73.3 Å². The maximum Gasteiger partial charge on any atom is 0.135 e. The second-order valence-electron chi connectivity index (χ2n) is 7.25. The molecule has 0 aliphatic carbocycles. The zero-order valence-electron chi connectivity index (χ0n) is 16.2. The Morgan fingerprint density at radius 2 is 1.83 bits per heavy atom. The van der Waals surface area contributed by atoms with Gasteiger partial charge in [-0.25, -0.2) is 4.98 Å². The van der Waals surface area contributed by atoms with Crippen LogP contribution in [0.1, 0.15) is 0 Å². The SMILES string of the molecule is Cn1cc(-c2ccc3[nH]nc(-c4cc5c(-c6ccncc6)cccc5[nH]4)c3n2)cn1. The maximum absolute atomic E-state index is 4.87. The van der Waals surface area contributed by atoms with E-state index < -0.39 is 0 Å². The normalized spacial score (nSPS) is 11.5. The van der Waals surface area contributed by atoms with Gasteiger partial charge in [-0.3, -0.25) is 14.8 Å². The summed E-state index contributed by atoms with van der Waals surface area (Å²) in [6, 6.07) is 16.4. The minimum Gasteiger partial charge on any atom is -0.353 e. The molecule has 0 amide bonds. The molecule has 0 aliphatic heterocycles. The average molecular weight is 391 g/mol. The molecule has 7 nitrogen and oxygen atoms in total. The topological polar surface area (TPSA) is 88.1 Å². The first-order valence-electron chi connectivity index (χ1n) is 9.63. The van der Waals surface area contributed by atoms with E-state index in [0.717, 1.165) is 55.7 Å². The van der Waals surface area contributed by atoms with E-state index in [1.807, 2.05) is 56.1 Å². The summed E-state index contributed by atoms with van der Waals surface area (Å²) in [6.07, 6.45) is 7.40. The van der Waals surface area contributed by atoms with Gasteiger partial charge >= 0.3 is 0 Å². The van der Waals surface area contributed by atoms with Gasteiger partial charge in [0.15, 0.2) is 0 Å². The van der Waals surface area contributed by atoms with Crippen molar-refractivity contribution in [3.8, 4) is 33.8 Å². The van der Waals surface area contributed by atoms with Gasteiger partial charge in [-0.15, -0.1) is 0 Å². The predicted octanol–water partition coefficient (Wildman–Crippen LogP) is 4.57. The lowest BCUT2D eigenvalue weighted by molar-refractivity contribution is 0.768. The van der Waals surface area contributed by atoms with E-state index >= 15 is 0 Å². The molecule has 0 bridgehead atoms. The van der Waals surface area contributed by atoms with Crippen LogP contribution in [0.3, 0.4) is 0 Å². The van der Waals surface area contributed by atoms with Crippen LogP contribution in [0, 0.1) is 0 Å². The molecule has 0 aliphatic rings. The summed E-state index contributed by atoms with van der Waals surface area (Å²) >= 11 is 0. The summed E-state index contributed by atoms with van der Waals surface area (Å²) in [6.45, 7) is 0. The third-order valence-electron chi connectivity index (χ3n) is 5.32. The number of aromatic amines is 2. The van der Waals surface area contributed by atoms with Crippen molar-refractivity contribution in [2.45, 2.75) is 0 Å². The molecule has 144 valence electrons. The van der Waals surface area contributed by atoms with E-state index in [4.69, 9.17) is 4.98 Å². The number of nitrogens with one attached hydrogen (secondary N) is 2. The van der Waals surface area contributed by atoms with Crippen LogP contribution in [-0.4, -0.2) is 34.9 Å². The van der Waals surface area contributed by atoms with E-state index in [1.165, 1.54) is 0 Å². The number of aryl methyl sites for hydroxylation is 1. The van der Waals surface area contributed by atoms with E-state index in [0.29, 0.717) is 0 Å². The number of hydrogen-bond donors (Lipinski definition) is 2. The van der Waals surface area contributed by atoms with Gasteiger partial charge in [0, 0.05) is 42.1 Å². The van der Waals surface area contributed by atoms with Crippen molar-refractivity contribution >= 4 is 21.9 Å². The molecular weight excluding hydrogens is 374 g/mol. The van der Waals surface area contributed by atoms with Crippen LogP contribution < -0.4 is 0 Å². The second-order valence-corrected chi connectivity index (χ2v) is 7.25. The molecule has 0 fully saturated rings. The first-order valence-corrected chi connectivity index (χ1v) is 9.63. The lowest BCUT2D eigenvalue weighted by Crippen LogP contribution is -1.86. The highest BCUT2D eigenvalue weighted by atomic mass is 15.2. The van der Waals surface area contributed by atoms with Gasteiger partial charge in [0.25, 0.3) is 0 Å². The summed E-state index contributed by atoms with van der Waals surface area (Å²) in [5.74, 6) is 0. The van der Waals surface area contributed by atoms with Crippen LogP contribution >= 0.6 is 0 Å². The van der Waals surface area contributed by atoms with Crippen molar-refractivity contribution in [2.24, 2.45) is 7.05 Å². The number of H-pyrrole nitrogens is 2. The van der Waals surface area contributed by atoms with Gasteiger partial charge in [0.2, 0.25) is 0 Å². The zero-order valence-corrected chi connectivity index (χ0v) is 16.2. The molecule has 5 heterocycles. The van der Waals surface area contributed by atoms with Gasteiger partial charge in [0.05, 0.1) is 23.1 Å². The Labute approximate surface area is 171 Å². The summed E-state index contributed by atoms with van der Waals surface area (Å²) in [7, 11) is 1.90. The smallest absolute Gasteiger partial charge is 0.135 e. The molecule has 0 saturated carbocycles. The third-order valence-corrected chi connectivity index (χ3v) is 5.32. The van der Waals surface area contributed by atoms with Crippen LogP contribution in [0.4, 0.5) is 0 Å². The fraction of sp³-hybridized carbons (Fsp3) is 0.0435. The Morgan fingerprint density at radius 3 is 2.67 bits per heavy atom. The van der Waals surface area contributed by atoms with E-state index in [2.05, 4.69) is 49.5 Å². The molecule has 5 aromatic heterocycles. The molecule has 7 heteroatoms. The van der Waals surface area contributed by atoms with Crippen molar-refractivity contribution in [1.29, 1.82) is 0 Å². The zero-order chi connectivity index (χ0) is 20.1. The quantitative estimate of drug-likeness (QED) is 0.463. The fourth-order valence-corrected chi connectivity index (χ4v) is 3.87. The largest absolute Gasteiger partial charge is 0.353 e. The van der Waals surface area contributed by atoms with Gasteiger partial charge < -0.3 is 4.98 Å². The Bertz CT molecular complexity index is 1510. The number of rotatable bonds is 3. The Hall–Kier alpha value is -4.26. The van der Waals surface area contributed by atoms with Gasteiger partial charge in [0.1, 0.15) is 11.2 Å². The number of aromatic nitrogens is 7. The van der Waals surface area contributed by atoms with E-state index in [9.17, 15) is 0 Å². The molecule has 0 unspecified atom stereocenters. The second kappa shape index (κ2) is 6.38. The van der Waals surface area contributed by atoms with Crippen LogP contribution in [0.2, 0.25) is 0 Å². The molecule has 0 spiro atoms. The van der Waals surface area contributed by atoms with Gasteiger partial charge in [-0.2, -0.15) is 10.2 Å². The highest BCUT2D eigenvalue weighted by molar-refractivity contribution is 6.00. The maximum atomic E-state index is 4.87.